The summed E-state index contributed by atoms with van der Waals surface area (Å²) in [6, 6.07) is 17.0. The molecule has 0 fully saturated rings. The van der Waals surface area contributed by atoms with Crippen LogP contribution >= 0.6 is 11.8 Å². The second-order valence-electron chi connectivity index (χ2n) is 8.34. The molecule has 1 heterocycles. The van der Waals surface area contributed by atoms with Crippen LogP contribution in [0.1, 0.15) is 37.7 Å². The van der Waals surface area contributed by atoms with Crippen LogP contribution in [0, 0.1) is 5.82 Å². The Balaban J connectivity index is 1.24. The lowest BCUT2D eigenvalue weighted by molar-refractivity contribution is -0.113. The zero-order valence-electron chi connectivity index (χ0n) is 20.0. The van der Waals surface area contributed by atoms with E-state index < -0.39 is 0 Å². The number of benzene rings is 3. The average Bonchev–Trinajstić information content (AvgIpc) is 3.31. The molecule has 8 nitrogen and oxygen atoms in total. The van der Waals surface area contributed by atoms with Crippen LogP contribution in [0.2, 0.25) is 0 Å². The van der Waals surface area contributed by atoms with Crippen LogP contribution in [0.3, 0.4) is 0 Å². The number of hydrogen-bond acceptors (Lipinski definition) is 7. The fourth-order valence-electron chi connectivity index (χ4n) is 4.03. The molecule has 1 aliphatic carbocycles. The lowest BCUT2D eigenvalue weighted by Crippen LogP contribution is -2.21. The summed E-state index contributed by atoms with van der Waals surface area (Å²) >= 11 is 1.18. The first kappa shape index (κ1) is 25.1. The number of amides is 1. The van der Waals surface area contributed by atoms with Gasteiger partial charge < -0.3 is 10.1 Å². The van der Waals surface area contributed by atoms with Gasteiger partial charge in [-0.05, 0) is 42.5 Å². The van der Waals surface area contributed by atoms with E-state index in [2.05, 4.69) is 22.1 Å². The minimum atomic E-state index is -0.357. The summed E-state index contributed by atoms with van der Waals surface area (Å²) in [7, 11) is 0. The van der Waals surface area contributed by atoms with Gasteiger partial charge in [-0.3, -0.25) is 19.0 Å². The van der Waals surface area contributed by atoms with Crippen molar-refractivity contribution in [1.82, 2.24) is 14.8 Å². The highest BCUT2D eigenvalue weighted by Gasteiger charge is 2.29. The van der Waals surface area contributed by atoms with Gasteiger partial charge in [0.15, 0.2) is 22.5 Å². The van der Waals surface area contributed by atoms with E-state index in [0.717, 1.165) is 0 Å². The van der Waals surface area contributed by atoms with Gasteiger partial charge in [0.25, 0.3) is 0 Å². The maximum absolute atomic E-state index is 13.1. The van der Waals surface area contributed by atoms with Crippen molar-refractivity contribution in [2.45, 2.75) is 18.3 Å². The molecule has 190 valence electrons. The van der Waals surface area contributed by atoms with E-state index in [1.54, 1.807) is 47.0 Å². The van der Waals surface area contributed by atoms with Crippen molar-refractivity contribution < 1.29 is 23.5 Å². The largest absolute Gasteiger partial charge is 0.486 e. The highest BCUT2D eigenvalue weighted by atomic mass is 32.2. The average molecular weight is 529 g/mol. The van der Waals surface area contributed by atoms with E-state index in [1.165, 1.54) is 42.1 Å². The van der Waals surface area contributed by atoms with Crippen molar-refractivity contribution in [3.05, 3.63) is 113 Å². The summed E-state index contributed by atoms with van der Waals surface area (Å²) in [4.78, 5) is 38.4. The number of rotatable bonds is 9. The number of anilines is 1. The number of hydrogen-bond donors (Lipinski definition) is 1. The topological polar surface area (TPSA) is 103 Å². The van der Waals surface area contributed by atoms with Crippen LogP contribution in [-0.2, 0) is 17.9 Å². The zero-order chi connectivity index (χ0) is 26.6. The van der Waals surface area contributed by atoms with Gasteiger partial charge in [-0.15, -0.1) is 16.8 Å². The number of halogens is 1. The van der Waals surface area contributed by atoms with Gasteiger partial charge in [-0.2, -0.15) is 0 Å². The van der Waals surface area contributed by atoms with E-state index in [-0.39, 0.29) is 41.2 Å². The van der Waals surface area contributed by atoms with E-state index in [0.29, 0.717) is 45.7 Å². The maximum atomic E-state index is 13.1. The predicted octanol–water partition coefficient (Wildman–Crippen LogP) is 4.69. The third kappa shape index (κ3) is 5.12. The Labute approximate surface area is 221 Å². The Morgan fingerprint density at radius 1 is 0.974 bits per heavy atom. The molecule has 0 saturated carbocycles. The molecule has 10 heteroatoms. The number of fused-ring (bicyclic) bond motifs is 2. The molecule has 3 aromatic carbocycles. The molecule has 1 N–H and O–H groups in total. The van der Waals surface area contributed by atoms with Gasteiger partial charge in [0.1, 0.15) is 18.2 Å². The first-order valence-corrected chi connectivity index (χ1v) is 12.6. The smallest absolute Gasteiger partial charge is 0.234 e. The van der Waals surface area contributed by atoms with Crippen molar-refractivity contribution in [2.75, 3.05) is 11.1 Å². The molecule has 0 unspecified atom stereocenters. The minimum Gasteiger partial charge on any atom is -0.486 e. The highest BCUT2D eigenvalue weighted by Crippen LogP contribution is 2.29. The molecular weight excluding hydrogens is 507 g/mol. The Kier molecular flexibility index (Phi) is 7.14. The first-order chi connectivity index (χ1) is 18.4. The van der Waals surface area contributed by atoms with Gasteiger partial charge >= 0.3 is 0 Å². The molecule has 0 spiro atoms. The summed E-state index contributed by atoms with van der Waals surface area (Å²) in [5.74, 6) is -0.108. The van der Waals surface area contributed by atoms with Crippen LogP contribution in [0.4, 0.5) is 10.1 Å². The minimum absolute atomic E-state index is 0.0287. The van der Waals surface area contributed by atoms with E-state index >= 15 is 0 Å². The number of carbonyl (C=O) groups is 3. The van der Waals surface area contributed by atoms with Crippen LogP contribution < -0.4 is 10.1 Å². The molecule has 1 aromatic heterocycles. The number of aromatic nitrogens is 3. The summed E-state index contributed by atoms with van der Waals surface area (Å²) in [5, 5.41) is 11.6. The summed E-state index contributed by atoms with van der Waals surface area (Å²) in [5.41, 5.74) is 1.72. The fourth-order valence-corrected chi connectivity index (χ4v) is 4.79. The van der Waals surface area contributed by atoms with Crippen molar-refractivity contribution >= 4 is 34.9 Å². The molecule has 0 bridgehead atoms. The zero-order valence-corrected chi connectivity index (χ0v) is 20.8. The van der Waals surface area contributed by atoms with Crippen LogP contribution in [0.15, 0.2) is 84.5 Å². The lowest BCUT2D eigenvalue weighted by Gasteiger charge is -2.18. The Bertz CT molecular complexity index is 1570. The predicted molar refractivity (Wildman–Crippen MR) is 140 cm³/mol. The number of ether oxygens (including phenoxy) is 1. The van der Waals surface area contributed by atoms with E-state index in [9.17, 15) is 18.8 Å². The second-order valence-corrected chi connectivity index (χ2v) is 9.28. The molecule has 1 aliphatic rings. The fraction of sp³-hybridized carbons (Fsp3) is 0.107. The molecule has 4 aromatic rings. The third-order valence-electron chi connectivity index (χ3n) is 5.83. The molecule has 1 amide bonds. The number of nitrogens with one attached hydrogen (secondary N) is 1. The van der Waals surface area contributed by atoms with Gasteiger partial charge in [-0.25, -0.2) is 4.39 Å². The summed E-state index contributed by atoms with van der Waals surface area (Å²) in [6.07, 6.45) is 1.68. The molecule has 0 radical (unpaired) electrons. The molecule has 0 atom stereocenters. The Morgan fingerprint density at radius 3 is 2.37 bits per heavy atom. The maximum Gasteiger partial charge on any atom is 0.234 e. The monoisotopic (exact) mass is 528 g/mol. The molecular formula is C28H21FN4O4S. The van der Waals surface area contributed by atoms with Crippen molar-refractivity contribution in [3.8, 4) is 5.75 Å². The summed E-state index contributed by atoms with van der Waals surface area (Å²) < 4.78 is 20.6. The summed E-state index contributed by atoms with van der Waals surface area (Å²) in [6.45, 7) is 4.26. The van der Waals surface area contributed by atoms with Crippen molar-refractivity contribution in [2.24, 2.45) is 0 Å². The van der Waals surface area contributed by atoms with Gasteiger partial charge in [0, 0.05) is 34.5 Å². The number of nitrogens with zero attached hydrogens (tertiary/aromatic N) is 3. The van der Waals surface area contributed by atoms with Crippen molar-refractivity contribution in [1.29, 1.82) is 0 Å². The van der Waals surface area contributed by atoms with Crippen LogP contribution in [0.25, 0.3) is 0 Å². The van der Waals surface area contributed by atoms with Crippen LogP contribution in [0.5, 0.6) is 5.75 Å². The standard InChI is InChI=1S/C28H21FN4O4S/c1-2-13-33-24(15-37-19-10-7-17(29)8-11-19)31-32-28(33)38-16-25(34)30-18-9-12-22-23(14-18)27(36)21-6-4-3-5-20(21)26(22)35/h2-12,14H,1,13,15-16H2,(H,30,34). The van der Waals surface area contributed by atoms with Crippen LogP contribution in [-0.4, -0.2) is 38.0 Å². The number of allylic oxidation sites excluding steroid dienone is 1. The second kappa shape index (κ2) is 10.8. The quantitative estimate of drug-likeness (QED) is 0.219. The first-order valence-electron chi connectivity index (χ1n) is 11.6. The Hall–Kier alpha value is -4.57. The van der Waals surface area contributed by atoms with E-state index in [1.807, 2.05) is 0 Å². The molecule has 0 aliphatic heterocycles. The highest BCUT2D eigenvalue weighted by molar-refractivity contribution is 7.99. The van der Waals surface area contributed by atoms with E-state index in [4.69, 9.17) is 4.74 Å². The van der Waals surface area contributed by atoms with Gasteiger partial charge in [-0.1, -0.05) is 42.1 Å². The normalized spacial score (nSPS) is 12.0. The number of carbonyl (C=O) groups excluding carboxylic acids is 3. The van der Waals surface area contributed by atoms with Gasteiger partial charge in [0.2, 0.25) is 5.91 Å². The SMILES string of the molecule is C=CCn1c(COc2ccc(F)cc2)nnc1SCC(=O)Nc1ccc2c(c1)C(=O)c1ccccc1C2=O. The Morgan fingerprint density at radius 2 is 1.66 bits per heavy atom. The third-order valence-corrected chi connectivity index (χ3v) is 6.79. The molecule has 38 heavy (non-hydrogen) atoms. The van der Waals surface area contributed by atoms with Gasteiger partial charge in [0.05, 0.1) is 5.75 Å². The number of thioether (sulfide) groups is 1. The number of ketones is 2. The van der Waals surface area contributed by atoms with Crippen molar-refractivity contribution in [3.63, 3.8) is 0 Å². The molecule has 5 rings (SSSR count). The molecule has 0 saturated heterocycles. The lowest BCUT2D eigenvalue weighted by atomic mass is 9.84.